The van der Waals surface area contributed by atoms with Gasteiger partial charge in [-0.2, -0.15) is 18.4 Å². The van der Waals surface area contributed by atoms with Crippen LogP contribution < -0.4 is 15.2 Å². The molecule has 28 heavy (non-hydrogen) atoms. The minimum absolute atomic E-state index is 0.144. The van der Waals surface area contributed by atoms with Gasteiger partial charge in [-0.1, -0.05) is 30.3 Å². The number of nitrogens with two attached hydrogens (primary N) is 1. The molecule has 9 heteroatoms. The summed E-state index contributed by atoms with van der Waals surface area (Å²) in [6, 6.07) is 12.5. The van der Waals surface area contributed by atoms with Gasteiger partial charge in [0.1, 0.15) is 23.1 Å². The average molecular weight is 386 g/mol. The van der Waals surface area contributed by atoms with Crippen molar-refractivity contribution in [2.75, 3.05) is 7.11 Å². The number of allylic oxidation sites excluding steroid dienone is 1. The lowest BCUT2D eigenvalue weighted by atomic mass is 9.81. The first-order valence-corrected chi connectivity index (χ1v) is 8.15. The van der Waals surface area contributed by atoms with E-state index in [9.17, 15) is 18.4 Å². The Labute approximate surface area is 157 Å². The van der Waals surface area contributed by atoms with Crippen LogP contribution in [0.5, 0.6) is 11.6 Å². The van der Waals surface area contributed by atoms with Crippen LogP contribution in [0.25, 0.3) is 10.8 Å². The SMILES string of the molecule is COc1ccc2ccccc2c1C1C(C#N)=C(N)Oc2n[nH]c(C(F)(F)F)c21. The van der Waals surface area contributed by atoms with Crippen molar-refractivity contribution < 1.29 is 22.6 Å². The average Bonchev–Trinajstić information content (AvgIpc) is 3.10. The number of benzene rings is 2. The summed E-state index contributed by atoms with van der Waals surface area (Å²) >= 11 is 0. The highest BCUT2D eigenvalue weighted by Crippen LogP contribution is 2.50. The molecule has 1 aromatic heterocycles. The maximum absolute atomic E-state index is 13.6. The van der Waals surface area contributed by atoms with Crippen molar-refractivity contribution in [2.45, 2.75) is 12.1 Å². The molecule has 0 fully saturated rings. The van der Waals surface area contributed by atoms with Crippen molar-refractivity contribution in [2.24, 2.45) is 5.73 Å². The third-order valence-electron chi connectivity index (χ3n) is 4.66. The molecule has 0 aliphatic carbocycles. The predicted octanol–water partition coefficient (Wildman–Crippen LogP) is 3.81. The summed E-state index contributed by atoms with van der Waals surface area (Å²) in [5, 5.41) is 16.7. The van der Waals surface area contributed by atoms with Gasteiger partial charge >= 0.3 is 6.18 Å². The van der Waals surface area contributed by atoms with Crippen molar-refractivity contribution in [3.05, 3.63) is 64.7 Å². The number of hydrogen-bond acceptors (Lipinski definition) is 5. The molecule has 6 nitrogen and oxygen atoms in total. The van der Waals surface area contributed by atoms with Crippen molar-refractivity contribution >= 4 is 10.8 Å². The van der Waals surface area contributed by atoms with Crippen LogP contribution in [-0.4, -0.2) is 17.3 Å². The summed E-state index contributed by atoms with van der Waals surface area (Å²) in [5.74, 6) is -1.45. The quantitative estimate of drug-likeness (QED) is 0.698. The van der Waals surface area contributed by atoms with E-state index in [1.165, 1.54) is 7.11 Å². The van der Waals surface area contributed by atoms with Gasteiger partial charge < -0.3 is 15.2 Å². The summed E-state index contributed by atoms with van der Waals surface area (Å²) in [6.45, 7) is 0. The van der Waals surface area contributed by atoms with Crippen LogP contribution in [0.15, 0.2) is 47.9 Å². The maximum atomic E-state index is 13.6. The zero-order chi connectivity index (χ0) is 20.1. The Balaban J connectivity index is 2.12. The second-order valence-electron chi connectivity index (χ2n) is 6.14. The number of ether oxygens (including phenoxy) is 2. The van der Waals surface area contributed by atoms with Crippen LogP contribution >= 0.6 is 0 Å². The molecule has 0 saturated carbocycles. The molecule has 1 atom stereocenters. The molecule has 1 unspecified atom stereocenters. The molecule has 1 aliphatic heterocycles. The van der Waals surface area contributed by atoms with Crippen molar-refractivity contribution in [3.63, 3.8) is 0 Å². The van der Waals surface area contributed by atoms with E-state index < -0.39 is 17.8 Å². The van der Waals surface area contributed by atoms with Gasteiger partial charge in [-0.3, -0.25) is 5.10 Å². The Morgan fingerprint density at radius 2 is 1.96 bits per heavy atom. The van der Waals surface area contributed by atoms with Gasteiger partial charge in [-0.25, -0.2) is 0 Å². The minimum Gasteiger partial charge on any atom is -0.496 e. The van der Waals surface area contributed by atoms with Gasteiger partial charge in [0.05, 0.1) is 18.6 Å². The third kappa shape index (κ3) is 2.53. The number of alkyl halides is 3. The number of H-pyrrole nitrogens is 1. The number of aromatic nitrogens is 2. The topological polar surface area (TPSA) is 96.9 Å². The van der Waals surface area contributed by atoms with E-state index in [1.807, 2.05) is 23.3 Å². The molecule has 142 valence electrons. The van der Waals surface area contributed by atoms with Crippen molar-refractivity contribution in [3.8, 4) is 17.7 Å². The lowest BCUT2D eigenvalue weighted by Gasteiger charge is -2.26. The standard InChI is InChI=1S/C19H13F3N4O2/c1-27-12-7-6-9-4-2-3-5-10(9)13(12)14-11(8-23)17(24)28-18-15(14)16(25-26-18)19(20,21)22/h2-7,14H,24H2,1H3,(H,25,26). The first-order chi connectivity index (χ1) is 13.4. The molecule has 0 spiro atoms. The van der Waals surface area contributed by atoms with Crippen LogP contribution in [0, 0.1) is 11.3 Å². The number of aromatic amines is 1. The van der Waals surface area contributed by atoms with E-state index in [2.05, 4.69) is 5.10 Å². The Hall–Kier alpha value is -3.67. The number of halogens is 3. The Bertz CT molecular complexity index is 1160. The van der Waals surface area contributed by atoms with Crippen LogP contribution in [0.1, 0.15) is 22.7 Å². The second-order valence-corrected chi connectivity index (χ2v) is 6.14. The highest BCUT2D eigenvalue weighted by molar-refractivity contribution is 5.90. The van der Waals surface area contributed by atoms with Gasteiger partial charge in [0, 0.05) is 5.56 Å². The van der Waals surface area contributed by atoms with Crippen LogP contribution in [0.3, 0.4) is 0 Å². The fraction of sp³-hybridized carbons (Fsp3) is 0.158. The van der Waals surface area contributed by atoms with Gasteiger partial charge in [0.25, 0.3) is 0 Å². The molecule has 0 saturated heterocycles. The normalized spacial score (nSPS) is 16.5. The minimum atomic E-state index is -4.73. The number of nitrogens with zero attached hydrogens (tertiary/aromatic N) is 2. The molecule has 0 radical (unpaired) electrons. The zero-order valence-electron chi connectivity index (χ0n) is 14.5. The van der Waals surface area contributed by atoms with Crippen molar-refractivity contribution in [1.82, 2.24) is 10.2 Å². The summed E-state index contributed by atoms with van der Waals surface area (Å²) < 4.78 is 51.5. The number of nitrogens with one attached hydrogen (secondary N) is 1. The fourth-order valence-corrected chi connectivity index (χ4v) is 3.50. The Morgan fingerprint density at radius 3 is 2.64 bits per heavy atom. The molecule has 0 bridgehead atoms. The van der Waals surface area contributed by atoms with Crippen LogP contribution in [0.2, 0.25) is 0 Å². The molecule has 2 aromatic carbocycles. The Morgan fingerprint density at radius 1 is 1.21 bits per heavy atom. The first-order valence-electron chi connectivity index (χ1n) is 8.15. The molecular formula is C19H13F3N4O2. The van der Waals surface area contributed by atoms with E-state index in [-0.39, 0.29) is 22.9 Å². The summed E-state index contributed by atoms with van der Waals surface area (Å²) in [6.07, 6.45) is -4.73. The van der Waals surface area contributed by atoms with Crippen molar-refractivity contribution in [1.29, 1.82) is 5.26 Å². The lowest BCUT2D eigenvalue weighted by molar-refractivity contribution is -0.141. The maximum Gasteiger partial charge on any atom is 0.433 e. The third-order valence-corrected chi connectivity index (χ3v) is 4.66. The largest absolute Gasteiger partial charge is 0.496 e. The van der Waals surface area contributed by atoms with Gasteiger partial charge in [0.15, 0.2) is 0 Å². The molecule has 4 rings (SSSR count). The van der Waals surface area contributed by atoms with E-state index >= 15 is 0 Å². The van der Waals surface area contributed by atoms with E-state index in [4.69, 9.17) is 15.2 Å². The molecule has 1 aliphatic rings. The Kier molecular flexibility index (Phi) is 3.92. The second kappa shape index (κ2) is 6.20. The van der Waals surface area contributed by atoms with Crippen LogP contribution in [0.4, 0.5) is 13.2 Å². The summed E-state index contributed by atoms with van der Waals surface area (Å²) in [4.78, 5) is 0. The smallest absolute Gasteiger partial charge is 0.433 e. The molecular weight excluding hydrogens is 373 g/mol. The van der Waals surface area contributed by atoms with E-state index in [0.717, 1.165) is 5.39 Å². The number of hydrogen-bond donors (Lipinski definition) is 2. The molecule has 2 heterocycles. The zero-order valence-corrected chi connectivity index (χ0v) is 14.5. The van der Waals surface area contributed by atoms with Crippen LogP contribution in [-0.2, 0) is 6.18 Å². The lowest BCUT2D eigenvalue weighted by Crippen LogP contribution is -2.23. The van der Waals surface area contributed by atoms with Gasteiger partial charge in [0.2, 0.25) is 11.8 Å². The molecule has 3 N–H and O–H groups in total. The molecule has 3 aromatic rings. The summed E-state index contributed by atoms with van der Waals surface area (Å²) in [5.41, 5.74) is 4.69. The molecule has 0 amide bonds. The van der Waals surface area contributed by atoms with E-state index in [1.54, 1.807) is 24.3 Å². The first kappa shape index (κ1) is 17.7. The van der Waals surface area contributed by atoms with Gasteiger partial charge in [-0.05, 0) is 16.8 Å². The predicted molar refractivity (Wildman–Crippen MR) is 93.4 cm³/mol. The highest BCUT2D eigenvalue weighted by atomic mass is 19.4. The number of nitriles is 1. The monoisotopic (exact) mass is 386 g/mol. The van der Waals surface area contributed by atoms with E-state index in [0.29, 0.717) is 16.7 Å². The summed E-state index contributed by atoms with van der Waals surface area (Å²) in [7, 11) is 1.41. The fourth-order valence-electron chi connectivity index (χ4n) is 3.50. The number of methoxy groups -OCH3 is 1. The highest BCUT2D eigenvalue weighted by Gasteiger charge is 2.45. The van der Waals surface area contributed by atoms with Gasteiger partial charge in [-0.15, -0.1) is 5.10 Å². The number of rotatable bonds is 2. The number of fused-ring (bicyclic) bond motifs is 2.